The van der Waals surface area contributed by atoms with Crippen LogP contribution in [-0.4, -0.2) is 43.0 Å². The number of aromatic nitrogens is 6. The van der Waals surface area contributed by atoms with Gasteiger partial charge >= 0.3 is 0 Å². The molecule has 108 valence electrons. The van der Waals surface area contributed by atoms with Gasteiger partial charge in [0.15, 0.2) is 11.5 Å². The third-order valence-corrected chi connectivity index (χ3v) is 3.41. The number of aliphatic imine (C=N–C) groups is 1. The van der Waals surface area contributed by atoms with E-state index < -0.39 is 0 Å². The first-order chi connectivity index (χ1) is 10.8. The van der Waals surface area contributed by atoms with Gasteiger partial charge in [0.1, 0.15) is 5.52 Å². The summed E-state index contributed by atoms with van der Waals surface area (Å²) >= 11 is 0. The van der Waals surface area contributed by atoms with Crippen LogP contribution in [0.5, 0.6) is 0 Å². The summed E-state index contributed by atoms with van der Waals surface area (Å²) < 4.78 is 3.45. The normalized spacial score (nSPS) is 11.1. The monoisotopic (exact) mass is 292 g/mol. The highest BCUT2D eigenvalue weighted by Crippen LogP contribution is 2.29. The van der Waals surface area contributed by atoms with Crippen molar-refractivity contribution in [3.63, 3.8) is 0 Å². The fourth-order valence-electron chi connectivity index (χ4n) is 2.42. The molecule has 4 heterocycles. The summed E-state index contributed by atoms with van der Waals surface area (Å²) in [5.74, 6) is 0.988. The summed E-state index contributed by atoms with van der Waals surface area (Å²) in [5, 5.41) is 11.9. The molecule has 0 amide bonds. The van der Waals surface area contributed by atoms with E-state index in [0.29, 0.717) is 11.8 Å². The second-order valence-electron chi connectivity index (χ2n) is 4.64. The van der Waals surface area contributed by atoms with Crippen molar-refractivity contribution < 1.29 is 0 Å². The molecule has 4 aromatic heterocycles. The van der Waals surface area contributed by atoms with E-state index >= 15 is 0 Å². The minimum atomic E-state index is 0.317. The summed E-state index contributed by atoms with van der Waals surface area (Å²) in [7, 11) is 1.80. The molecule has 0 spiro atoms. The molecule has 0 aromatic carbocycles. The Balaban J connectivity index is 1.99. The molecule has 4 aromatic rings. The van der Waals surface area contributed by atoms with Gasteiger partial charge in [-0.15, -0.1) is 5.10 Å². The van der Waals surface area contributed by atoms with Gasteiger partial charge in [-0.25, -0.2) is 19.0 Å². The van der Waals surface area contributed by atoms with Gasteiger partial charge in [0, 0.05) is 31.2 Å². The smallest absolute Gasteiger partial charge is 0.268 e. The molecule has 0 unspecified atom stereocenters. The van der Waals surface area contributed by atoms with Crippen molar-refractivity contribution in [3.8, 4) is 11.3 Å². The van der Waals surface area contributed by atoms with Crippen LogP contribution in [0.3, 0.4) is 0 Å². The maximum atomic E-state index is 4.57. The molecule has 22 heavy (non-hydrogen) atoms. The lowest BCUT2D eigenvalue weighted by atomic mass is 10.2. The first kappa shape index (κ1) is 12.5. The minimum absolute atomic E-state index is 0.317. The van der Waals surface area contributed by atoms with Gasteiger partial charge in [-0.2, -0.15) is 10.1 Å². The molecule has 0 saturated carbocycles. The third-order valence-electron chi connectivity index (χ3n) is 3.41. The molecule has 0 aliphatic rings. The minimum Gasteiger partial charge on any atom is -0.371 e. The molecule has 0 radical (unpaired) electrons. The number of anilines is 1. The third kappa shape index (κ3) is 1.74. The largest absolute Gasteiger partial charge is 0.371 e. The standard InChI is InChI=1S/C14H12N8/c1-15-13-12-9(5-7-22(12)20-14(16-2)18-13)10-3-4-11-17-6-8-21(11)19-10/h3-8H,2H2,1H3,(H,15,18,20). The number of hydrogen-bond donors (Lipinski definition) is 1. The second kappa shape index (κ2) is 4.62. The van der Waals surface area contributed by atoms with Gasteiger partial charge in [-0.1, -0.05) is 0 Å². The quantitative estimate of drug-likeness (QED) is 0.582. The van der Waals surface area contributed by atoms with Crippen LogP contribution in [0.4, 0.5) is 11.8 Å². The molecule has 0 aliphatic carbocycles. The van der Waals surface area contributed by atoms with Crippen LogP contribution in [0.25, 0.3) is 22.4 Å². The molecular formula is C14H12N8. The Hall–Kier alpha value is -3.29. The van der Waals surface area contributed by atoms with Crippen molar-refractivity contribution in [2.24, 2.45) is 4.99 Å². The maximum Gasteiger partial charge on any atom is 0.268 e. The van der Waals surface area contributed by atoms with E-state index in [1.54, 1.807) is 22.3 Å². The Morgan fingerprint density at radius 2 is 2.05 bits per heavy atom. The van der Waals surface area contributed by atoms with E-state index in [9.17, 15) is 0 Å². The average Bonchev–Trinajstić information content (AvgIpc) is 3.19. The molecule has 0 fully saturated rings. The number of fused-ring (bicyclic) bond motifs is 2. The van der Waals surface area contributed by atoms with E-state index in [0.717, 1.165) is 22.4 Å². The predicted octanol–water partition coefficient (Wildman–Crippen LogP) is 1.81. The fourth-order valence-corrected chi connectivity index (χ4v) is 2.42. The van der Waals surface area contributed by atoms with Crippen LogP contribution < -0.4 is 5.32 Å². The lowest BCUT2D eigenvalue weighted by molar-refractivity contribution is 0.904. The average molecular weight is 292 g/mol. The Morgan fingerprint density at radius 1 is 1.14 bits per heavy atom. The number of nitrogens with one attached hydrogen (secondary N) is 1. The zero-order valence-electron chi connectivity index (χ0n) is 11.8. The lowest BCUT2D eigenvalue weighted by Gasteiger charge is -2.06. The first-order valence-corrected chi connectivity index (χ1v) is 6.65. The molecule has 8 nitrogen and oxygen atoms in total. The van der Waals surface area contributed by atoms with E-state index in [4.69, 9.17) is 0 Å². The Kier molecular flexibility index (Phi) is 2.62. The molecule has 0 saturated heterocycles. The topological polar surface area (TPSA) is 84.8 Å². The van der Waals surface area contributed by atoms with E-state index in [1.807, 2.05) is 30.6 Å². The SMILES string of the molecule is C=Nc1nc(NC)c2c(-c3ccc4nccn4n3)ccn2n1. The van der Waals surface area contributed by atoms with Crippen LogP contribution in [-0.2, 0) is 0 Å². The maximum absolute atomic E-state index is 4.57. The van der Waals surface area contributed by atoms with Crippen LogP contribution in [0.15, 0.2) is 41.8 Å². The van der Waals surface area contributed by atoms with Crippen molar-refractivity contribution in [1.29, 1.82) is 0 Å². The molecule has 1 N–H and O–H groups in total. The predicted molar refractivity (Wildman–Crippen MR) is 83.7 cm³/mol. The van der Waals surface area contributed by atoms with Crippen molar-refractivity contribution in [1.82, 2.24) is 29.2 Å². The highest BCUT2D eigenvalue weighted by atomic mass is 15.3. The van der Waals surface area contributed by atoms with E-state index in [2.05, 4.69) is 37.2 Å². The van der Waals surface area contributed by atoms with Gasteiger partial charge in [-0.3, -0.25) is 0 Å². The van der Waals surface area contributed by atoms with Crippen LogP contribution in [0.2, 0.25) is 0 Å². The highest BCUT2D eigenvalue weighted by Gasteiger charge is 2.14. The van der Waals surface area contributed by atoms with Crippen molar-refractivity contribution in [2.45, 2.75) is 0 Å². The van der Waals surface area contributed by atoms with Gasteiger partial charge in [0.2, 0.25) is 0 Å². The molecule has 0 bridgehead atoms. The van der Waals surface area contributed by atoms with E-state index in [-0.39, 0.29) is 0 Å². The summed E-state index contributed by atoms with van der Waals surface area (Å²) in [6.07, 6.45) is 5.38. The Labute approximate surface area is 125 Å². The van der Waals surface area contributed by atoms with Crippen molar-refractivity contribution >= 4 is 29.6 Å². The zero-order valence-corrected chi connectivity index (χ0v) is 11.8. The van der Waals surface area contributed by atoms with Gasteiger partial charge in [-0.05, 0) is 24.9 Å². The summed E-state index contributed by atoms with van der Waals surface area (Å²) in [6, 6.07) is 5.80. The summed E-state index contributed by atoms with van der Waals surface area (Å²) in [6.45, 7) is 3.47. The molecule has 8 heteroatoms. The molecule has 4 rings (SSSR count). The van der Waals surface area contributed by atoms with E-state index in [1.165, 1.54) is 0 Å². The summed E-state index contributed by atoms with van der Waals surface area (Å²) in [5.41, 5.74) is 3.38. The lowest BCUT2D eigenvalue weighted by Crippen LogP contribution is -2.01. The molecular weight excluding hydrogens is 280 g/mol. The Morgan fingerprint density at radius 3 is 2.86 bits per heavy atom. The fraction of sp³-hybridized carbons (Fsp3) is 0.0714. The zero-order chi connectivity index (χ0) is 15.1. The van der Waals surface area contributed by atoms with Crippen LogP contribution in [0, 0.1) is 0 Å². The van der Waals surface area contributed by atoms with Crippen LogP contribution in [0.1, 0.15) is 0 Å². The van der Waals surface area contributed by atoms with Crippen LogP contribution >= 0.6 is 0 Å². The van der Waals surface area contributed by atoms with Crippen molar-refractivity contribution in [3.05, 3.63) is 36.8 Å². The molecule has 0 aliphatic heterocycles. The summed E-state index contributed by atoms with van der Waals surface area (Å²) in [4.78, 5) is 12.3. The van der Waals surface area contributed by atoms with Gasteiger partial charge < -0.3 is 5.32 Å². The Bertz CT molecular complexity index is 997. The van der Waals surface area contributed by atoms with Gasteiger partial charge in [0.25, 0.3) is 5.95 Å². The van der Waals surface area contributed by atoms with Gasteiger partial charge in [0.05, 0.1) is 5.69 Å². The molecule has 0 atom stereocenters. The number of rotatable bonds is 3. The number of imidazole rings is 1. The first-order valence-electron chi connectivity index (χ1n) is 6.65. The van der Waals surface area contributed by atoms with Crippen molar-refractivity contribution in [2.75, 3.05) is 12.4 Å². The second-order valence-corrected chi connectivity index (χ2v) is 4.64. The number of hydrogen-bond acceptors (Lipinski definition) is 6. The highest BCUT2D eigenvalue weighted by molar-refractivity contribution is 5.87. The number of nitrogens with zero attached hydrogens (tertiary/aromatic N) is 7.